The minimum Gasteiger partial charge on any atom is -0.454 e. The fourth-order valence-electron chi connectivity index (χ4n) is 2.42. The number of hydrogen-bond donors (Lipinski definition) is 1. The Balaban J connectivity index is 1.54. The molecule has 0 spiro atoms. The number of nitrogens with one attached hydrogen (secondary N) is 1. The van der Waals surface area contributed by atoms with Gasteiger partial charge in [0, 0.05) is 16.3 Å². The van der Waals surface area contributed by atoms with E-state index in [9.17, 15) is 4.79 Å². The van der Waals surface area contributed by atoms with Crippen LogP contribution in [0.3, 0.4) is 0 Å². The number of anilines is 1. The highest BCUT2D eigenvalue weighted by Gasteiger charge is 2.12. The smallest absolute Gasteiger partial charge is 0.257 e. The van der Waals surface area contributed by atoms with Gasteiger partial charge in [-0.25, -0.2) is 4.98 Å². The van der Waals surface area contributed by atoms with Crippen LogP contribution in [0, 0.1) is 11.3 Å². The Morgan fingerprint density at radius 2 is 1.96 bits per heavy atom. The molecule has 1 N–H and O–H groups in total. The predicted octanol–water partition coefficient (Wildman–Crippen LogP) is 4.68. The molecule has 1 amide bonds. The number of carbonyl (C=O) groups is 1. The Hall–Kier alpha value is -3.43. The monoisotopic (exact) mass is 345 g/mol. The van der Waals surface area contributed by atoms with Gasteiger partial charge in [-0.2, -0.15) is 5.26 Å². The summed E-state index contributed by atoms with van der Waals surface area (Å²) in [6.45, 7) is 0. The predicted molar refractivity (Wildman–Crippen MR) is 96.4 cm³/mol. The van der Waals surface area contributed by atoms with E-state index in [-0.39, 0.29) is 5.91 Å². The summed E-state index contributed by atoms with van der Waals surface area (Å²) in [5.74, 6) is 0.395. The van der Waals surface area contributed by atoms with Gasteiger partial charge in [0.2, 0.25) is 0 Å². The molecule has 5 nitrogen and oxygen atoms in total. The number of thiazole rings is 1. The first-order valence-corrected chi connectivity index (χ1v) is 8.37. The minimum atomic E-state index is -0.269. The van der Waals surface area contributed by atoms with Crippen LogP contribution < -0.4 is 5.32 Å². The third kappa shape index (κ3) is 3.01. The molecule has 6 heteroatoms. The zero-order chi connectivity index (χ0) is 17.2. The fraction of sp³-hybridized carbons (Fsp3) is 0. The van der Waals surface area contributed by atoms with Crippen molar-refractivity contribution in [2.75, 3.05) is 5.32 Å². The second-order valence-corrected chi connectivity index (χ2v) is 6.19. The minimum absolute atomic E-state index is 0.269. The first-order chi connectivity index (χ1) is 12.2. The van der Waals surface area contributed by atoms with Gasteiger partial charge in [0.1, 0.15) is 11.3 Å². The van der Waals surface area contributed by atoms with E-state index in [1.54, 1.807) is 24.3 Å². The van der Waals surface area contributed by atoms with Crippen molar-refractivity contribution in [1.82, 2.24) is 4.98 Å². The molecule has 120 valence electrons. The maximum Gasteiger partial charge on any atom is 0.257 e. The largest absolute Gasteiger partial charge is 0.454 e. The highest BCUT2D eigenvalue weighted by molar-refractivity contribution is 7.14. The molecule has 0 saturated heterocycles. The number of para-hydroxylation sites is 1. The summed E-state index contributed by atoms with van der Waals surface area (Å²) in [7, 11) is 0. The van der Waals surface area contributed by atoms with Crippen molar-refractivity contribution >= 4 is 33.3 Å². The summed E-state index contributed by atoms with van der Waals surface area (Å²) in [6, 6.07) is 18.1. The number of furan rings is 1. The van der Waals surface area contributed by atoms with Crippen LogP contribution in [0.5, 0.6) is 0 Å². The van der Waals surface area contributed by atoms with Crippen molar-refractivity contribution in [3.63, 3.8) is 0 Å². The van der Waals surface area contributed by atoms with Gasteiger partial charge >= 0.3 is 0 Å². The van der Waals surface area contributed by atoms with Crippen LogP contribution in [0.25, 0.3) is 22.4 Å². The van der Waals surface area contributed by atoms with Gasteiger partial charge in [0.25, 0.3) is 5.91 Å². The first kappa shape index (κ1) is 15.1. The molecule has 4 rings (SSSR count). The van der Waals surface area contributed by atoms with Gasteiger partial charge in [0.15, 0.2) is 10.9 Å². The van der Waals surface area contributed by atoms with E-state index < -0.39 is 0 Å². The van der Waals surface area contributed by atoms with Crippen LogP contribution in [-0.2, 0) is 0 Å². The number of nitriles is 1. The maximum absolute atomic E-state index is 12.2. The highest BCUT2D eigenvalue weighted by atomic mass is 32.1. The molecule has 2 aromatic heterocycles. The molecular formula is C19H11N3O2S. The number of aromatic nitrogens is 1. The third-order valence-electron chi connectivity index (χ3n) is 3.68. The first-order valence-electron chi connectivity index (χ1n) is 7.49. The van der Waals surface area contributed by atoms with E-state index in [2.05, 4.69) is 10.3 Å². The molecule has 25 heavy (non-hydrogen) atoms. The number of rotatable bonds is 3. The Morgan fingerprint density at radius 3 is 2.72 bits per heavy atom. The molecule has 0 unspecified atom stereocenters. The van der Waals surface area contributed by atoms with Crippen molar-refractivity contribution in [3.05, 3.63) is 71.1 Å². The Labute approximate surface area is 147 Å². The SMILES string of the molecule is N#Cc1ccc(C(=O)Nc2nc(-c3cc4ccccc4o3)cs2)cc1. The van der Waals surface area contributed by atoms with Gasteiger partial charge in [-0.3, -0.25) is 10.1 Å². The Morgan fingerprint density at radius 1 is 1.16 bits per heavy atom. The molecule has 0 fully saturated rings. The Kier molecular flexibility index (Phi) is 3.77. The lowest BCUT2D eigenvalue weighted by molar-refractivity contribution is 0.102. The summed E-state index contributed by atoms with van der Waals surface area (Å²) in [6.07, 6.45) is 0. The second-order valence-electron chi connectivity index (χ2n) is 5.33. The average molecular weight is 345 g/mol. The lowest BCUT2D eigenvalue weighted by Crippen LogP contribution is -2.11. The van der Waals surface area contributed by atoms with Crippen LogP contribution in [0.15, 0.2) is 64.4 Å². The number of nitrogens with zero attached hydrogens (tertiary/aromatic N) is 2. The van der Waals surface area contributed by atoms with E-state index in [0.29, 0.717) is 27.7 Å². The quantitative estimate of drug-likeness (QED) is 0.585. The lowest BCUT2D eigenvalue weighted by atomic mass is 10.1. The van der Waals surface area contributed by atoms with E-state index >= 15 is 0 Å². The van der Waals surface area contributed by atoms with Gasteiger partial charge in [-0.05, 0) is 36.4 Å². The summed E-state index contributed by atoms with van der Waals surface area (Å²) in [5, 5.41) is 14.9. The summed E-state index contributed by atoms with van der Waals surface area (Å²) in [4.78, 5) is 16.7. The van der Waals surface area contributed by atoms with Gasteiger partial charge in [-0.1, -0.05) is 18.2 Å². The fourth-order valence-corrected chi connectivity index (χ4v) is 3.11. The molecule has 2 heterocycles. The molecule has 0 aliphatic heterocycles. The molecule has 0 bridgehead atoms. The van der Waals surface area contributed by atoms with Crippen LogP contribution >= 0.6 is 11.3 Å². The zero-order valence-electron chi connectivity index (χ0n) is 12.9. The van der Waals surface area contributed by atoms with Crippen molar-refractivity contribution in [1.29, 1.82) is 5.26 Å². The number of fused-ring (bicyclic) bond motifs is 1. The van der Waals surface area contributed by atoms with Crippen LogP contribution in [-0.4, -0.2) is 10.9 Å². The third-order valence-corrected chi connectivity index (χ3v) is 4.44. The standard InChI is InChI=1S/C19H11N3O2S/c20-10-12-5-7-13(8-6-12)18(23)22-19-21-15(11-25-19)17-9-14-3-1-2-4-16(14)24-17/h1-9,11H,(H,21,22,23). The van der Waals surface area contributed by atoms with Crippen LogP contribution in [0.1, 0.15) is 15.9 Å². The maximum atomic E-state index is 12.2. The Bertz CT molecular complexity index is 1070. The second kappa shape index (κ2) is 6.23. The number of carbonyl (C=O) groups excluding carboxylic acids is 1. The zero-order valence-corrected chi connectivity index (χ0v) is 13.7. The molecular weight excluding hydrogens is 334 g/mol. The van der Waals surface area contributed by atoms with Crippen LogP contribution in [0.2, 0.25) is 0 Å². The average Bonchev–Trinajstić information content (AvgIpc) is 3.28. The molecule has 4 aromatic rings. The molecule has 0 saturated carbocycles. The van der Waals surface area contributed by atoms with Crippen molar-refractivity contribution < 1.29 is 9.21 Å². The van der Waals surface area contributed by atoms with Gasteiger partial charge in [-0.15, -0.1) is 11.3 Å². The summed E-state index contributed by atoms with van der Waals surface area (Å²) >= 11 is 1.33. The van der Waals surface area contributed by atoms with E-state index in [0.717, 1.165) is 11.0 Å². The van der Waals surface area contributed by atoms with Crippen molar-refractivity contribution in [2.24, 2.45) is 0 Å². The van der Waals surface area contributed by atoms with Gasteiger partial charge in [0.05, 0.1) is 11.6 Å². The molecule has 0 radical (unpaired) electrons. The number of benzene rings is 2. The normalized spacial score (nSPS) is 10.5. The van der Waals surface area contributed by atoms with Crippen molar-refractivity contribution in [3.8, 4) is 17.5 Å². The van der Waals surface area contributed by atoms with E-state index in [1.165, 1.54) is 11.3 Å². The topological polar surface area (TPSA) is 78.9 Å². The summed E-state index contributed by atoms with van der Waals surface area (Å²) < 4.78 is 5.78. The number of amides is 1. The van der Waals surface area contributed by atoms with Gasteiger partial charge < -0.3 is 4.42 Å². The lowest BCUT2D eigenvalue weighted by Gasteiger charge is -2.01. The summed E-state index contributed by atoms with van der Waals surface area (Å²) in [5.41, 5.74) is 2.46. The van der Waals surface area contributed by atoms with E-state index in [1.807, 2.05) is 41.8 Å². The molecule has 0 aliphatic rings. The molecule has 0 atom stereocenters. The number of hydrogen-bond acceptors (Lipinski definition) is 5. The molecule has 0 aliphatic carbocycles. The van der Waals surface area contributed by atoms with Crippen molar-refractivity contribution in [2.45, 2.75) is 0 Å². The molecule has 2 aromatic carbocycles. The highest BCUT2D eigenvalue weighted by Crippen LogP contribution is 2.30. The van der Waals surface area contributed by atoms with E-state index in [4.69, 9.17) is 9.68 Å². The van der Waals surface area contributed by atoms with Crippen LogP contribution in [0.4, 0.5) is 5.13 Å².